The maximum atomic E-state index is 12.6. The monoisotopic (exact) mass is 328 g/mol. The van der Waals surface area contributed by atoms with Gasteiger partial charge in [0, 0.05) is 11.8 Å². The minimum absolute atomic E-state index is 0.0572. The van der Waals surface area contributed by atoms with E-state index in [1.807, 2.05) is 0 Å². The third kappa shape index (κ3) is 4.00. The van der Waals surface area contributed by atoms with Crippen molar-refractivity contribution >= 4 is 33.3 Å². The molecule has 17 heavy (non-hydrogen) atoms. The highest BCUT2D eigenvalue weighted by molar-refractivity contribution is 9.08. The lowest BCUT2D eigenvalue weighted by molar-refractivity contribution is -0.138. The van der Waals surface area contributed by atoms with Gasteiger partial charge in [-0.05, 0) is 17.2 Å². The molecule has 6 heteroatoms. The summed E-state index contributed by atoms with van der Waals surface area (Å²) in [7, 11) is 0. The van der Waals surface area contributed by atoms with Crippen molar-refractivity contribution < 1.29 is 18.0 Å². The second kappa shape index (κ2) is 5.87. The number of hydrogen-bond acceptors (Lipinski definition) is 1. The Kier molecular flexibility index (Phi) is 5.01. The van der Waals surface area contributed by atoms with Gasteiger partial charge in [0.25, 0.3) is 0 Å². The van der Waals surface area contributed by atoms with E-state index in [-0.39, 0.29) is 29.0 Å². The lowest BCUT2D eigenvalue weighted by Crippen LogP contribution is -2.10. The van der Waals surface area contributed by atoms with Crippen LogP contribution in [-0.2, 0) is 22.7 Å². The summed E-state index contributed by atoms with van der Waals surface area (Å²) in [6.45, 7) is 0. The molecule has 0 atom stereocenters. The molecule has 0 saturated heterocycles. The predicted molar refractivity (Wildman–Crippen MR) is 63.5 cm³/mol. The molecule has 0 fully saturated rings. The number of alkyl halides is 5. The summed E-state index contributed by atoms with van der Waals surface area (Å²) >= 11 is 8.35. The number of carbonyl (C=O) groups excluding carboxylic acids is 1. The molecule has 0 radical (unpaired) electrons. The van der Waals surface area contributed by atoms with E-state index in [0.717, 1.165) is 6.07 Å². The van der Waals surface area contributed by atoms with Crippen LogP contribution in [0.25, 0.3) is 0 Å². The fraction of sp³-hybridized carbons (Fsp3) is 0.364. The average Bonchev–Trinajstić information content (AvgIpc) is 2.27. The highest BCUT2D eigenvalue weighted by atomic mass is 79.9. The Morgan fingerprint density at radius 3 is 2.47 bits per heavy atom. The van der Waals surface area contributed by atoms with E-state index in [0.29, 0.717) is 5.56 Å². The Morgan fingerprint density at radius 2 is 2.00 bits per heavy atom. The lowest BCUT2D eigenvalue weighted by Gasteiger charge is -2.12. The molecule has 94 valence electrons. The second-order valence-electron chi connectivity index (χ2n) is 3.47. The number of hydrogen-bond donors (Lipinski definition) is 0. The van der Waals surface area contributed by atoms with Crippen molar-refractivity contribution in [1.29, 1.82) is 0 Å². The molecule has 0 spiro atoms. The van der Waals surface area contributed by atoms with Crippen molar-refractivity contribution in [2.24, 2.45) is 0 Å². The van der Waals surface area contributed by atoms with E-state index in [1.54, 1.807) is 0 Å². The van der Waals surface area contributed by atoms with Crippen LogP contribution in [0, 0.1) is 0 Å². The van der Waals surface area contributed by atoms with Crippen LogP contribution in [-0.4, -0.2) is 11.7 Å². The molecule has 1 aromatic carbocycles. The first-order valence-electron chi connectivity index (χ1n) is 4.71. The fourth-order valence-corrected chi connectivity index (χ4v) is 1.98. The molecule has 0 aliphatic rings. The summed E-state index contributed by atoms with van der Waals surface area (Å²) in [6.07, 6.45) is -4.32. The van der Waals surface area contributed by atoms with Gasteiger partial charge in [0.1, 0.15) is 0 Å². The molecule has 1 rings (SSSR count). The largest absolute Gasteiger partial charge is 0.416 e. The van der Waals surface area contributed by atoms with Gasteiger partial charge in [-0.1, -0.05) is 28.1 Å². The van der Waals surface area contributed by atoms with Crippen LogP contribution < -0.4 is 0 Å². The molecule has 0 N–H and O–H groups in total. The minimum atomic E-state index is -4.38. The molecule has 0 unspecified atom stereocenters. The average molecular weight is 330 g/mol. The van der Waals surface area contributed by atoms with E-state index >= 15 is 0 Å². The number of benzene rings is 1. The number of ketones is 1. The van der Waals surface area contributed by atoms with Crippen LogP contribution in [0.15, 0.2) is 18.2 Å². The first-order valence-corrected chi connectivity index (χ1v) is 6.36. The molecular weight excluding hydrogens is 320 g/mol. The molecule has 1 aromatic rings. The SMILES string of the molecule is O=C(CCl)Cc1ccc(C(F)(F)F)c(CBr)c1. The van der Waals surface area contributed by atoms with Gasteiger partial charge in [-0.3, -0.25) is 4.79 Å². The molecule has 0 aliphatic heterocycles. The third-order valence-electron chi connectivity index (χ3n) is 2.17. The Balaban J connectivity index is 3.05. The van der Waals surface area contributed by atoms with Crippen LogP contribution >= 0.6 is 27.5 Å². The second-order valence-corrected chi connectivity index (χ2v) is 4.30. The predicted octanol–water partition coefficient (Wildman–Crippen LogP) is 3.95. The standard InChI is InChI=1S/C11H9BrClF3O/c12-5-8-3-7(4-9(17)6-13)1-2-10(8)11(14,15)16/h1-3H,4-6H2. The number of carbonyl (C=O) groups is 1. The Morgan fingerprint density at radius 1 is 1.35 bits per heavy atom. The number of halogens is 5. The van der Waals surface area contributed by atoms with Gasteiger partial charge in [-0.15, -0.1) is 11.6 Å². The Labute approximate surface area is 110 Å². The van der Waals surface area contributed by atoms with Crippen LogP contribution in [0.1, 0.15) is 16.7 Å². The van der Waals surface area contributed by atoms with Crippen molar-refractivity contribution in [1.82, 2.24) is 0 Å². The lowest BCUT2D eigenvalue weighted by atomic mass is 10.0. The van der Waals surface area contributed by atoms with E-state index in [1.165, 1.54) is 12.1 Å². The van der Waals surface area contributed by atoms with Crippen LogP contribution in [0.5, 0.6) is 0 Å². The Hall–Kier alpha value is -0.550. The van der Waals surface area contributed by atoms with Gasteiger partial charge in [-0.2, -0.15) is 13.2 Å². The first-order chi connectivity index (χ1) is 7.88. The maximum absolute atomic E-state index is 12.6. The zero-order valence-corrected chi connectivity index (χ0v) is 11.0. The van der Waals surface area contributed by atoms with Crippen molar-refractivity contribution in [3.63, 3.8) is 0 Å². The molecule has 0 heterocycles. The summed E-state index contributed by atoms with van der Waals surface area (Å²) in [5.41, 5.74) is -0.0214. The molecule has 0 saturated carbocycles. The molecule has 0 aromatic heterocycles. The zero-order chi connectivity index (χ0) is 13.1. The van der Waals surface area contributed by atoms with Crippen LogP contribution in [0.3, 0.4) is 0 Å². The van der Waals surface area contributed by atoms with Crippen LogP contribution in [0.4, 0.5) is 13.2 Å². The molecule has 0 bridgehead atoms. The van der Waals surface area contributed by atoms with Crippen molar-refractivity contribution in [3.05, 3.63) is 34.9 Å². The molecule has 0 aliphatic carbocycles. The summed E-state index contributed by atoms with van der Waals surface area (Å²) in [5.74, 6) is -0.350. The third-order valence-corrected chi connectivity index (χ3v) is 3.07. The summed E-state index contributed by atoms with van der Waals surface area (Å²) < 4.78 is 37.8. The van der Waals surface area contributed by atoms with E-state index in [4.69, 9.17) is 11.6 Å². The van der Waals surface area contributed by atoms with E-state index in [9.17, 15) is 18.0 Å². The minimum Gasteiger partial charge on any atom is -0.298 e. The summed E-state index contributed by atoms with van der Waals surface area (Å²) in [4.78, 5) is 11.1. The van der Waals surface area contributed by atoms with Gasteiger partial charge in [-0.25, -0.2) is 0 Å². The summed E-state index contributed by atoms with van der Waals surface area (Å²) in [5, 5.41) is 0.0880. The summed E-state index contributed by atoms with van der Waals surface area (Å²) in [6, 6.07) is 3.68. The van der Waals surface area contributed by atoms with Gasteiger partial charge < -0.3 is 0 Å². The Bertz CT molecular complexity index is 418. The highest BCUT2D eigenvalue weighted by Gasteiger charge is 2.32. The zero-order valence-electron chi connectivity index (χ0n) is 8.65. The van der Waals surface area contributed by atoms with Gasteiger partial charge in [0.05, 0.1) is 11.4 Å². The highest BCUT2D eigenvalue weighted by Crippen LogP contribution is 2.33. The smallest absolute Gasteiger partial charge is 0.298 e. The van der Waals surface area contributed by atoms with E-state index in [2.05, 4.69) is 15.9 Å². The number of rotatable bonds is 4. The van der Waals surface area contributed by atoms with Gasteiger partial charge in [0.15, 0.2) is 5.78 Å². The van der Waals surface area contributed by atoms with E-state index < -0.39 is 11.7 Å². The quantitative estimate of drug-likeness (QED) is 0.765. The maximum Gasteiger partial charge on any atom is 0.416 e. The van der Waals surface area contributed by atoms with Crippen molar-refractivity contribution in [2.45, 2.75) is 17.9 Å². The first kappa shape index (κ1) is 14.5. The van der Waals surface area contributed by atoms with Gasteiger partial charge >= 0.3 is 6.18 Å². The fourth-order valence-electron chi connectivity index (χ4n) is 1.42. The number of Topliss-reactive ketones (excluding diaryl/α,β-unsaturated/α-hetero) is 1. The topological polar surface area (TPSA) is 17.1 Å². The van der Waals surface area contributed by atoms with Crippen molar-refractivity contribution in [3.8, 4) is 0 Å². The molecule has 0 amide bonds. The normalized spacial score (nSPS) is 11.6. The van der Waals surface area contributed by atoms with Gasteiger partial charge in [0.2, 0.25) is 0 Å². The molecule has 1 nitrogen and oxygen atoms in total. The van der Waals surface area contributed by atoms with Crippen LogP contribution in [0.2, 0.25) is 0 Å². The molecular formula is C11H9BrClF3O. The van der Waals surface area contributed by atoms with Crippen molar-refractivity contribution in [2.75, 3.05) is 5.88 Å².